The number of aromatic nitrogens is 1. The molecule has 0 spiro atoms. The largest absolute Gasteiger partial charge is 0.496 e. The van der Waals surface area contributed by atoms with Crippen molar-refractivity contribution in [1.29, 1.82) is 0 Å². The number of carbonyl (C=O) groups excluding carboxylic acids is 1. The second-order valence-electron chi connectivity index (χ2n) is 5.80. The van der Waals surface area contributed by atoms with Gasteiger partial charge in [-0.1, -0.05) is 18.2 Å². The van der Waals surface area contributed by atoms with E-state index in [1.54, 1.807) is 18.2 Å². The number of carbonyl (C=O) groups is 1. The summed E-state index contributed by atoms with van der Waals surface area (Å²) in [6.45, 7) is -0.0177. The highest BCUT2D eigenvalue weighted by Crippen LogP contribution is 2.41. The molecule has 3 rings (SSSR count). The number of rotatable bonds is 3. The lowest BCUT2D eigenvalue weighted by Crippen LogP contribution is -2.35. The van der Waals surface area contributed by atoms with Crippen molar-refractivity contribution in [1.82, 2.24) is 9.88 Å². The van der Waals surface area contributed by atoms with Crippen LogP contribution in [0.4, 0.5) is 23.8 Å². The number of hydrogen-bond donors (Lipinski definition) is 1. The van der Waals surface area contributed by atoms with E-state index in [0.717, 1.165) is 17.2 Å². The number of benzene rings is 1. The van der Waals surface area contributed by atoms with Gasteiger partial charge in [-0.3, -0.25) is 0 Å². The van der Waals surface area contributed by atoms with Crippen LogP contribution in [0.1, 0.15) is 5.56 Å². The molecule has 0 bridgehead atoms. The summed E-state index contributed by atoms with van der Waals surface area (Å²) in [7, 11) is 2.81. The molecule has 9 heteroatoms. The summed E-state index contributed by atoms with van der Waals surface area (Å²) in [4.78, 5) is 18.1. The average molecular weight is 367 g/mol. The van der Waals surface area contributed by atoms with Gasteiger partial charge in [-0.05, 0) is 12.1 Å². The second kappa shape index (κ2) is 6.49. The van der Waals surface area contributed by atoms with Gasteiger partial charge in [0, 0.05) is 24.4 Å². The van der Waals surface area contributed by atoms with E-state index in [4.69, 9.17) is 4.74 Å². The van der Waals surface area contributed by atoms with Crippen LogP contribution in [0.2, 0.25) is 0 Å². The van der Waals surface area contributed by atoms with Crippen molar-refractivity contribution in [2.45, 2.75) is 12.4 Å². The number of halogens is 3. The Labute approximate surface area is 147 Å². The van der Waals surface area contributed by atoms with Gasteiger partial charge in [0.05, 0.1) is 19.2 Å². The van der Waals surface area contributed by atoms with Crippen LogP contribution in [0.3, 0.4) is 0 Å². The van der Waals surface area contributed by atoms with Crippen LogP contribution in [0, 0.1) is 0 Å². The third-order valence-electron chi connectivity index (χ3n) is 4.11. The van der Waals surface area contributed by atoms with Crippen molar-refractivity contribution < 1.29 is 27.8 Å². The molecule has 138 valence electrons. The first kappa shape index (κ1) is 18.0. The molecule has 1 aliphatic heterocycles. The third-order valence-corrected chi connectivity index (χ3v) is 4.11. The summed E-state index contributed by atoms with van der Waals surface area (Å²) < 4.78 is 46.1. The molecule has 1 aromatic carbocycles. The van der Waals surface area contributed by atoms with E-state index in [-0.39, 0.29) is 29.2 Å². The number of hydrogen-bond acceptors (Lipinski definition) is 4. The first-order valence-electron chi connectivity index (χ1n) is 7.67. The molecule has 0 aliphatic carbocycles. The number of amides is 2. The van der Waals surface area contributed by atoms with Crippen LogP contribution >= 0.6 is 0 Å². The van der Waals surface area contributed by atoms with Crippen molar-refractivity contribution in [2.24, 2.45) is 0 Å². The summed E-state index contributed by atoms with van der Waals surface area (Å²) in [6.07, 6.45) is -4.92. The van der Waals surface area contributed by atoms with Crippen LogP contribution in [0.25, 0.3) is 11.1 Å². The van der Waals surface area contributed by atoms with E-state index < -0.39 is 24.0 Å². The Morgan fingerprint density at radius 1 is 1.27 bits per heavy atom. The van der Waals surface area contributed by atoms with Gasteiger partial charge < -0.3 is 14.7 Å². The molecule has 2 amide bonds. The number of para-hydroxylation sites is 1. The summed E-state index contributed by atoms with van der Waals surface area (Å²) in [6, 6.07) is 6.42. The van der Waals surface area contributed by atoms with Gasteiger partial charge in [0.15, 0.2) is 6.23 Å². The number of aliphatic hydroxyl groups excluding tert-OH is 1. The first-order chi connectivity index (χ1) is 12.2. The van der Waals surface area contributed by atoms with E-state index in [2.05, 4.69) is 4.98 Å². The van der Waals surface area contributed by atoms with Gasteiger partial charge in [0.25, 0.3) is 0 Å². The van der Waals surface area contributed by atoms with Crippen molar-refractivity contribution in [3.05, 3.63) is 42.1 Å². The maximum atomic E-state index is 13.7. The zero-order chi connectivity index (χ0) is 19.1. The fourth-order valence-corrected chi connectivity index (χ4v) is 2.86. The average Bonchev–Trinajstić information content (AvgIpc) is 2.86. The smallest absolute Gasteiger partial charge is 0.417 e. The predicted octanol–water partition coefficient (Wildman–Crippen LogP) is 2.97. The van der Waals surface area contributed by atoms with Crippen molar-refractivity contribution >= 4 is 11.8 Å². The fraction of sp³-hybridized carbons (Fsp3) is 0.294. The number of alkyl halides is 3. The number of pyridine rings is 1. The Bertz CT molecular complexity index is 841. The van der Waals surface area contributed by atoms with E-state index in [0.29, 0.717) is 0 Å². The minimum Gasteiger partial charge on any atom is -0.496 e. The van der Waals surface area contributed by atoms with Gasteiger partial charge in [-0.2, -0.15) is 13.2 Å². The molecule has 1 aliphatic rings. The maximum Gasteiger partial charge on any atom is 0.417 e. The molecule has 26 heavy (non-hydrogen) atoms. The molecule has 1 atom stereocenters. The first-order valence-corrected chi connectivity index (χ1v) is 7.67. The summed E-state index contributed by atoms with van der Waals surface area (Å²) in [5.41, 5.74) is -0.915. The molecule has 6 nitrogen and oxygen atoms in total. The Balaban J connectivity index is 2.15. The fourth-order valence-electron chi connectivity index (χ4n) is 2.86. The van der Waals surface area contributed by atoms with Crippen molar-refractivity contribution in [3.8, 4) is 16.9 Å². The lowest BCUT2D eigenvalue weighted by Gasteiger charge is -2.21. The summed E-state index contributed by atoms with van der Waals surface area (Å²) in [5, 5.41) is 9.97. The van der Waals surface area contributed by atoms with E-state index >= 15 is 0 Å². The van der Waals surface area contributed by atoms with Crippen LogP contribution in [-0.2, 0) is 6.18 Å². The molecular formula is C17H16F3N3O3. The number of nitrogens with zero attached hydrogens (tertiary/aromatic N) is 3. The lowest BCUT2D eigenvalue weighted by atomic mass is 10.0. The molecule has 1 unspecified atom stereocenters. The number of urea groups is 1. The number of anilines is 1. The minimum absolute atomic E-state index is 0.0177. The molecule has 1 saturated heterocycles. The SMILES string of the molecule is COc1ccccc1-c1cnc(N2C(=O)N(C)CC2O)cc1C(F)(F)F. The van der Waals surface area contributed by atoms with Gasteiger partial charge in [0.2, 0.25) is 0 Å². The Morgan fingerprint density at radius 2 is 1.96 bits per heavy atom. The highest BCUT2D eigenvalue weighted by Gasteiger charge is 2.39. The number of ether oxygens (including phenoxy) is 1. The van der Waals surface area contributed by atoms with Crippen molar-refractivity contribution in [3.63, 3.8) is 0 Å². The molecule has 1 fully saturated rings. The Kier molecular flexibility index (Phi) is 4.49. The molecule has 0 radical (unpaired) electrons. The second-order valence-corrected chi connectivity index (χ2v) is 5.80. The lowest BCUT2D eigenvalue weighted by molar-refractivity contribution is -0.137. The highest BCUT2D eigenvalue weighted by atomic mass is 19.4. The third kappa shape index (κ3) is 3.05. The highest BCUT2D eigenvalue weighted by molar-refractivity contribution is 5.94. The number of β-amino-alcohol motifs (C(OH)–C–C–N with tert-alkyl or cyclic N) is 1. The Hall–Kier alpha value is -2.81. The van der Waals surface area contributed by atoms with Crippen LogP contribution < -0.4 is 9.64 Å². The Morgan fingerprint density at radius 3 is 2.54 bits per heavy atom. The van der Waals surface area contributed by atoms with Crippen LogP contribution in [-0.4, -0.2) is 48.0 Å². The van der Waals surface area contributed by atoms with Gasteiger partial charge >= 0.3 is 12.2 Å². The molecule has 0 saturated carbocycles. The maximum absolute atomic E-state index is 13.7. The predicted molar refractivity (Wildman–Crippen MR) is 87.7 cm³/mol. The van der Waals surface area contributed by atoms with Crippen LogP contribution in [0.5, 0.6) is 5.75 Å². The molecule has 1 aromatic heterocycles. The molecule has 1 N–H and O–H groups in total. The van der Waals surface area contributed by atoms with Crippen molar-refractivity contribution in [2.75, 3.05) is 25.6 Å². The monoisotopic (exact) mass is 367 g/mol. The van der Waals surface area contributed by atoms with Gasteiger partial charge in [-0.15, -0.1) is 0 Å². The van der Waals surface area contributed by atoms with Gasteiger partial charge in [-0.25, -0.2) is 14.7 Å². The zero-order valence-electron chi connectivity index (χ0n) is 14.0. The topological polar surface area (TPSA) is 65.9 Å². The standard InChI is InChI=1S/C17H16F3N3O3/c1-22-9-15(24)23(16(22)25)14-7-12(17(18,19)20)11(8-21-14)10-5-3-4-6-13(10)26-2/h3-8,15,24H,9H2,1-2H3. The van der Waals surface area contributed by atoms with Gasteiger partial charge in [0.1, 0.15) is 11.6 Å². The van der Waals surface area contributed by atoms with Crippen LogP contribution in [0.15, 0.2) is 36.5 Å². The summed E-state index contributed by atoms with van der Waals surface area (Å²) in [5.74, 6) is 0.00221. The number of methoxy groups -OCH3 is 1. The zero-order valence-corrected chi connectivity index (χ0v) is 14.0. The molecule has 2 aromatic rings. The van der Waals surface area contributed by atoms with E-state index in [9.17, 15) is 23.1 Å². The normalized spacial score (nSPS) is 17.8. The van der Waals surface area contributed by atoms with E-state index in [1.165, 1.54) is 25.1 Å². The van der Waals surface area contributed by atoms with E-state index in [1.807, 2.05) is 0 Å². The minimum atomic E-state index is -4.69. The molecular weight excluding hydrogens is 351 g/mol. The molecule has 2 heterocycles. The number of aliphatic hydroxyl groups is 1. The number of likely N-dealkylation sites (N-methyl/N-ethyl adjacent to an activating group) is 1. The summed E-state index contributed by atoms with van der Waals surface area (Å²) >= 11 is 0. The quantitative estimate of drug-likeness (QED) is 0.906.